The van der Waals surface area contributed by atoms with E-state index >= 15 is 0 Å². The van der Waals surface area contributed by atoms with E-state index < -0.39 is 0 Å². The van der Waals surface area contributed by atoms with Gasteiger partial charge in [-0.15, -0.1) is 0 Å². The fraction of sp³-hybridized carbons (Fsp3) is 1.00. The van der Waals surface area contributed by atoms with Gasteiger partial charge >= 0.3 is 0 Å². The summed E-state index contributed by atoms with van der Waals surface area (Å²) in [6, 6.07) is 1.62. The lowest BCUT2D eigenvalue weighted by atomic mass is 9.82. The molecule has 1 nitrogen and oxygen atoms in total. The van der Waals surface area contributed by atoms with Gasteiger partial charge in [0.05, 0.1) is 0 Å². The largest absolute Gasteiger partial charge is 0.311 e. The molecule has 2 unspecified atom stereocenters. The molecule has 0 aliphatic heterocycles. The van der Waals surface area contributed by atoms with E-state index in [1.165, 1.54) is 83.5 Å². The molecule has 0 bridgehead atoms. The second-order valence-electron chi connectivity index (χ2n) is 6.91. The smallest absolute Gasteiger partial charge is 0.00978 e. The van der Waals surface area contributed by atoms with Crippen molar-refractivity contribution in [3.05, 3.63) is 0 Å². The number of hydrogen-bond donors (Lipinski definition) is 1. The molecule has 1 aliphatic carbocycles. The summed E-state index contributed by atoms with van der Waals surface area (Å²) in [5.41, 5.74) is 0. The molecule has 120 valence electrons. The monoisotopic (exact) mass is 281 g/mol. The maximum absolute atomic E-state index is 4.07. The minimum absolute atomic E-state index is 0.797. The number of nitrogens with one attached hydrogen (secondary N) is 1. The van der Waals surface area contributed by atoms with Crippen LogP contribution in [-0.4, -0.2) is 12.1 Å². The molecule has 20 heavy (non-hydrogen) atoms. The minimum Gasteiger partial charge on any atom is -0.311 e. The molecule has 1 fully saturated rings. The average molecular weight is 282 g/mol. The maximum atomic E-state index is 4.07. The quantitative estimate of drug-likeness (QED) is 0.453. The van der Waals surface area contributed by atoms with Crippen molar-refractivity contribution in [2.45, 2.75) is 116 Å². The second-order valence-corrected chi connectivity index (χ2v) is 6.91. The lowest BCUT2D eigenvalue weighted by molar-refractivity contribution is 0.225. The van der Waals surface area contributed by atoms with Crippen molar-refractivity contribution in [2.24, 2.45) is 5.92 Å². The molecule has 0 aromatic rings. The Bertz CT molecular complexity index is 204. The topological polar surface area (TPSA) is 12.0 Å². The Morgan fingerprint density at radius 2 is 1.45 bits per heavy atom. The summed E-state index contributed by atoms with van der Waals surface area (Å²) >= 11 is 0. The normalized spacial score (nSPS) is 23.4. The highest BCUT2D eigenvalue weighted by molar-refractivity contribution is 4.83. The van der Waals surface area contributed by atoms with Gasteiger partial charge in [-0.05, 0) is 31.6 Å². The average Bonchev–Trinajstić information content (AvgIpc) is 2.48. The van der Waals surface area contributed by atoms with Gasteiger partial charge in [-0.1, -0.05) is 78.6 Å². The molecule has 2 atom stereocenters. The molecule has 0 radical (unpaired) electrons. The predicted octanol–water partition coefficient (Wildman–Crippen LogP) is 6.07. The molecule has 0 spiro atoms. The van der Waals surface area contributed by atoms with Crippen LogP contribution in [0.2, 0.25) is 0 Å². The van der Waals surface area contributed by atoms with Crippen molar-refractivity contribution in [1.29, 1.82) is 0 Å². The number of hydrogen-bond acceptors (Lipinski definition) is 1. The van der Waals surface area contributed by atoms with Crippen molar-refractivity contribution in [3.8, 4) is 0 Å². The Balaban J connectivity index is 2.39. The first-order valence-corrected chi connectivity index (χ1v) is 9.57. The fourth-order valence-corrected chi connectivity index (χ4v) is 3.81. The van der Waals surface area contributed by atoms with Crippen LogP contribution < -0.4 is 5.32 Å². The number of rotatable bonds is 11. The second kappa shape index (κ2) is 11.6. The Kier molecular flexibility index (Phi) is 10.4. The fourth-order valence-electron chi connectivity index (χ4n) is 3.81. The van der Waals surface area contributed by atoms with Gasteiger partial charge in [0.25, 0.3) is 0 Å². The van der Waals surface area contributed by atoms with Gasteiger partial charge in [-0.3, -0.25) is 0 Å². The third kappa shape index (κ3) is 7.11. The molecular formula is C19H39N. The van der Waals surface area contributed by atoms with E-state index in [2.05, 4.69) is 26.1 Å². The zero-order valence-electron chi connectivity index (χ0n) is 14.4. The predicted molar refractivity (Wildman–Crippen MR) is 91.2 cm³/mol. The van der Waals surface area contributed by atoms with Gasteiger partial charge in [-0.25, -0.2) is 0 Å². The van der Waals surface area contributed by atoms with Gasteiger partial charge in [0.15, 0.2) is 0 Å². The van der Waals surface area contributed by atoms with E-state index in [1.807, 2.05) is 0 Å². The number of unbranched alkanes of at least 4 members (excludes halogenated alkanes) is 4. The van der Waals surface area contributed by atoms with Gasteiger partial charge in [0.1, 0.15) is 0 Å². The minimum atomic E-state index is 0.797. The van der Waals surface area contributed by atoms with Crippen LogP contribution in [0, 0.1) is 5.92 Å². The lowest BCUT2D eigenvalue weighted by Gasteiger charge is -2.35. The first-order chi connectivity index (χ1) is 9.81. The van der Waals surface area contributed by atoms with Gasteiger partial charge in [-0.2, -0.15) is 0 Å². The lowest BCUT2D eigenvalue weighted by Crippen LogP contribution is -2.44. The summed E-state index contributed by atoms with van der Waals surface area (Å²) in [7, 11) is 0. The molecule has 1 aliphatic rings. The van der Waals surface area contributed by atoms with Crippen LogP contribution in [0.5, 0.6) is 0 Å². The zero-order valence-corrected chi connectivity index (χ0v) is 14.4. The van der Waals surface area contributed by atoms with E-state index in [9.17, 15) is 0 Å². The highest BCUT2D eigenvalue weighted by atomic mass is 15.0. The third-order valence-corrected chi connectivity index (χ3v) is 5.20. The highest BCUT2D eigenvalue weighted by Gasteiger charge is 2.25. The summed E-state index contributed by atoms with van der Waals surface area (Å²) in [4.78, 5) is 0. The van der Waals surface area contributed by atoms with Crippen molar-refractivity contribution < 1.29 is 0 Å². The molecule has 0 aromatic carbocycles. The Labute approximate surface area is 128 Å². The van der Waals surface area contributed by atoms with Crippen LogP contribution in [-0.2, 0) is 0 Å². The van der Waals surface area contributed by atoms with E-state index in [1.54, 1.807) is 0 Å². The van der Waals surface area contributed by atoms with Crippen molar-refractivity contribution in [1.82, 2.24) is 5.32 Å². The Morgan fingerprint density at radius 3 is 2.00 bits per heavy atom. The van der Waals surface area contributed by atoms with E-state index in [0.717, 1.165) is 18.0 Å². The zero-order chi connectivity index (χ0) is 14.6. The van der Waals surface area contributed by atoms with Crippen LogP contribution in [0.4, 0.5) is 0 Å². The van der Waals surface area contributed by atoms with Crippen molar-refractivity contribution in [3.63, 3.8) is 0 Å². The molecule has 1 heteroatoms. The summed E-state index contributed by atoms with van der Waals surface area (Å²) in [5, 5.41) is 4.07. The molecule has 0 saturated heterocycles. The summed E-state index contributed by atoms with van der Waals surface area (Å²) in [6.07, 6.45) is 18.4. The van der Waals surface area contributed by atoms with Crippen LogP contribution in [0.15, 0.2) is 0 Å². The molecule has 1 saturated carbocycles. The van der Waals surface area contributed by atoms with Crippen LogP contribution in [0.1, 0.15) is 104 Å². The molecule has 1 N–H and O–H groups in total. The maximum Gasteiger partial charge on any atom is 0.00978 e. The SMILES string of the molecule is CCCCCC(CCCCC)NC1CCCCC1CC. The van der Waals surface area contributed by atoms with Crippen molar-refractivity contribution in [2.75, 3.05) is 0 Å². The Morgan fingerprint density at radius 1 is 0.850 bits per heavy atom. The Hall–Kier alpha value is -0.0400. The van der Waals surface area contributed by atoms with E-state index in [-0.39, 0.29) is 0 Å². The molecule has 0 aromatic heterocycles. The summed E-state index contributed by atoms with van der Waals surface area (Å²) in [5.74, 6) is 0.948. The van der Waals surface area contributed by atoms with Gasteiger partial charge in [0, 0.05) is 12.1 Å². The molecular weight excluding hydrogens is 242 g/mol. The van der Waals surface area contributed by atoms with Gasteiger partial charge < -0.3 is 5.32 Å². The first-order valence-electron chi connectivity index (χ1n) is 9.57. The van der Waals surface area contributed by atoms with E-state index in [0.29, 0.717) is 0 Å². The standard InChI is InChI=1S/C19H39N/c1-4-7-9-14-18(15-10-8-5-2)20-19-16-12-11-13-17(19)6-3/h17-20H,4-16H2,1-3H3. The van der Waals surface area contributed by atoms with Crippen molar-refractivity contribution >= 4 is 0 Å². The summed E-state index contributed by atoms with van der Waals surface area (Å²) in [6.45, 7) is 7.01. The van der Waals surface area contributed by atoms with Gasteiger partial charge in [0.2, 0.25) is 0 Å². The van der Waals surface area contributed by atoms with Crippen LogP contribution in [0.25, 0.3) is 0 Å². The molecule has 1 rings (SSSR count). The molecule has 0 heterocycles. The molecule has 0 amide bonds. The van der Waals surface area contributed by atoms with Crippen LogP contribution in [0.3, 0.4) is 0 Å². The first kappa shape index (κ1) is 18.0. The van der Waals surface area contributed by atoms with Crippen LogP contribution >= 0.6 is 0 Å². The summed E-state index contributed by atoms with van der Waals surface area (Å²) < 4.78 is 0. The highest BCUT2D eigenvalue weighted by Crippen LogP contribution is 2.28. The van der Waals surface area contributed by atoms with E-state index in [4.69, 9.17) is 0 Å². The third-order valence-electron chi connectivity index (χ3n) is 5.20.